The second kappa shape index (κ2) is 8.13. The molecule has 1 aliphatic heterocycles. The van der Waals surface area contributed by atoms with Gasteiger partial charge < -0.3 is 16.0 Å². The van der Waals surface area contributed by atoms with Gasteiger partial charge in [0.2, 0.25) is 5.91 Å². The summed E-state index contributed by atoms with van der Waals surface area (Å²) in [6.45, 7) is 1.28. The summed E-state index contributed by atoms with van der Waals surface area (Å²) in [5.74, 6) is 0.356. The zero-order valence-corrected chi connectivity index (χ0v) is 14.7. The van der Waals surface area contributed by atoms with Gasteiger partial charge >= 0.3 is 0 Å². The lowest BCUT2D eigenvalue weighted by Crippen LogP contribution is -2.50. The maximum Gasteiger partial charge on any atom is 0.264 e. The fourth-order valence-corrected chi connectivity index (χ4v) is 4.29. The van der Waals surface area contributed by atoms with E-state index in [0.717, 1.165) is 32.1 Å². The number of carbonyl (C=O) groups is 2. The van der Waals surface area contributed by atoms with Crippen molar-refractivity contribution in [2.45, 2.75) is 44.2 Å². The first kappa shape index (κ1) is 18.2. The number of nitrogens with one attached hydrogen (secondary N) is 1. The van der Waals surface area contributed by atoms with Gasteiger partial charge in [0.15, 0.2) is 0 Å². The number of hydrogen-bond donors (Lipinski definition) is 2. The lowest BCUT2D eigenvalue weighted by Gasteiger charge is -2.26. The number of halogens is 1. The number of thiophene rings is 1. The predicted octanol–water partition coefficient (Wildman–Crippen LogP) is 2.02. The Hall–Kier alpha value is -1.11. The highest BCUT2D eigenvalue weighted by Gasteiger charge is 2.37. The third-order valence-electron chi connectivity index (χ3n) is 4.84. The summed E-state index contributed by atoms with van der Waals surface area (Å²) in [6.07, 6.45) is 4.85. The number of amides is 2. The lowest BCUT2D eigenvalue weighted by atomic mass is 10.0. The molecule has 0 radical (unpaired) electrons. The van der Waals surface area contributed by atoms with Crippen LogP contribution in [-0.4, -0.2) is 41.9 Å². The molecule has 23 heavy (non-hydrogen) atoms. The Kier molecular flexibility index (Phi) is 6.44. The summed E-state index contributed by atoms with van der Waals surface area (Å²) in [6, 6.07) is 3.54. The Morgan fingerprint density at radius 3 is 2.83 bits per heavy atom. The van der Waals surface area contributed by atoms with Crippen LogP contribution < -0.4 is 11.1 Å². The molecule has 2 amide bonds. The van der Waals surface area contributed by atoms with E-state index in [-0.39, 0.29) is 36.3 Å². The Morgan fingerprint density at radius 2 is 2.13 bits per heavy atom. The number of nitrogens with two attached hydrogens (primary N) is 1. The zero-order valence-electron chi connectivity index (χ0n) is 13.1. The fraction of sp³-hybridized carbons (Fsp3) is 0.625. The van der Waals surface area contributed by atoms with Crippen molar-refractivity contribution in [3.05, 3.63) is 22.4 Å². The molecule has 1 saturated heterocycles. The first-order chi connectivity index (χ1) is 10.7. The highest BCUT2D eigenvalue weighted by molar-refractivity contribution is 7.12. The Balaban J connectivity index is 0.00000192. The van der Waals surface area contributed by atoms with E-state index < -0.39 is 0 Å². The third kappa shape index (κ3) is 3.87. The van der Waals surface area contributed by atoms with E-state index in [0.29, 0.717) is 23.9 Å². The van der Waals surface area contributed by atoms with Gasteiger partial charge in [0, 0.05) is 12.6 Å². The molecule has 2 fully saturated rings. The predicted molar refractivity (Wildman–Crippen MR) is 94.0 cm³/mol. The van der Waals surface area contributed by atoms with E-state index in [9.17, 15) is 9.59 Å². The molecule has 2 heterocycles. The van der Waals surface area contributed by atoms with Gasteiger partial charge in [0.1, 0.15) is 6.04 Å². The number of carbonyl (C=O) groups excluding carboxylic acids is 2. The van der Waals surface area contributed by atoms with Crippen LogP contribution in [0.2, 0.25) is 0 Å². The van der Waals surface area contributed by atoms with Crippen LogP contribution in [0.15, 0.2) is 17.5 Å². The van der Waals surface area contributed by atoms with E-state index in [4.69, 9.17) is 5.73 Å². The van der Waals surface area contributed by atoms with Crippen LogP contribution in [0.25, 0.3) is 0 Å². The van der Waals surface area contributed by atoms with Crippen LogP contribution in [0, 0.1) is 5.92 Å². The standard InChI is InChI=1S/C16H23N3O2S.ClH/c17-10-11-4-1-5-12(11)18-15(20)13-6-2-8-19(13)16(21)14-7-3-9-22-14;/h3,7,9,11-13H,1-2,4-6,8,10,17H2,(H,18,20);1H. The smallest absolute Gasteiger partial charge is 0.264 e. The van der Waals surface area contributed by atoms with Crippen LogP contribution in [-0.2, 0) is 4.79 Å². The average Bonchev–Trinajstić information content (AvgIpc) is 3.26. The molecule has 128 valence electrons. The van der Waals surface area contributed by atoms with Crippen LogP contribution in [0.1, 0.15) is 41.8 Å². The van der Waals surface area contributed by atoms with E-state index in [2.05, 4.69) is 5.32 Å². The molecule has 0 aromatic carbocycles. The molecule has 1 aliphatic carbocycles. The molecular formula is C16H24ClN3O2S. The molecule has 3 unspecified atom stereocenters. The molecule has 3 rings (SSSR count). The molecule has 1 aromatic heterocycles. The molecule has 1 aromatic rings. The second-order valence-corrected chi connectivity index (χ2v) is 7.12. The molecule has 3 atom stereocenters. The van der Waals surface area contributed by atoms with Crippen molar-refractivity contribution in [3.63, 3.8) is 0 Å². The first-order valence-electron chi connectivity index (χ1n) is 8.05. The Bertz CT molecular complexity index is 537. The molecule has 1 saturated carbocycles. The first-order valence-corrected chi connectivity index (χ1v) is 8.93. The van der Waals surface area contributed by atoms with Crippen molar-refractivity contribution in [1.29, 1.82) is 0 Å². The monoisotopic (exact) mass is 357 g/mol. The third-order valence-corrected chi connectivity index (χ3v) is 5.70. The quantitative estimate of drug-likeness (QED) is 0.865. The number of rotatable bonds is 4. The van der Waals surface area contributed by atoms with Crippen LogP contribution in [0.3, 0.4) is 0 Å². The highest BCUT2D eigenvalue weighted by atomic mass is 35.5. The second-order valence-electron chi connectivity index (χ2n) is 6.18. The molecule has 0 spiro atoms. The molecule has 3 N–H and O–H groups in total. The fourth-order valence-electron chi connectivity index (χ4n) is 3.61. The lowest BCUT2D eigenvalue weighted by molar-refractivity contribution is -0.125. The maximum atomic E-state index is 12.6. The molecular weight excluding hydrogens is 334 g/mol. The number of likely N-dealkylation sites (tertiary alicyclic amines) is 1. The summed E-state index contributed by atoms with van der Waals surface area (Å²) in [5.41, 5.74) is 5.78. The topological polar surface area (TPSA) is 75.4 Å². The van der Waals surface area contributed by atoms with E-state index in [1.54, 1.807) is 4.90 Å². The Labute approximate surface area is 147 Å². The number of nitrogens with zero attached hydrogens (tertiary/aromatic N) is 1. The molecule has 2 aliphatic rings. The minimum Gasteiger partial charge on any atom is -0.351 e. The molecule has 5 nitrogen and oxygen atoms in total. The van der Waals surface area contributed by atoms with Gasteiger partial charge in [-0.05, 0) is 49.6 Å². The Morgan fingerprint density at radius 1 is 1.30 bits per heavy atom. The summed E-state index contributed by atoms with van der Waals surface area (Å²) in [7, 11) is 0. The van der Waals surface area contributed by atoms with Gasteiger partial charge in [0.05, 0.1) is 4.88 Å². The summed E-state index contributed by atoms with van der Waals surface area (Å²) < 4.78 is 0. The average molecular weight is 358 g/mol. The summed E-state index contributed by atoms with van der Waals surface area (Å²) >= 11 is 1.43. The van der Waals surface area contributed by atoms with Crippen molar-refractivity contribution >= 4 is 35.6 Å². The van der Waals surface area contributed by atoms with Crippen molar-refractivity contribution in [1.82, 2.24) is 10.2 Å². The molecule has 0 bridgehead atoms. The molecule has 7 heteroatoms. The van der Waals surface area contributed by atoms with Crippen molar-refractivity contribution in [2.24, 2.45) is 11.7 Å². The van der Waals surface area contributed by atoms with Gasteiger partial charge in [-0.15, -0.1) is 23.7 Å². The van der Waals surface area contributed by atoms with Crippen LogP contribution in [0.4, 0.5) is 0 Å². The summed E-state index contributed by atoms with van der Waals surface area (Å²) in [5, 5.41) is 5.03. The minimum atomic E-state index is -0.325. The maximum absolute atomic E-state index is 12.6. The zero-order chi connectivity index (χ0) is 15.5. The largest absolute Gasteiger partial charge is 0.351 e. The van der Waals surface area contributed by atoms with Crippen LogP contribution >= 0.6 is 23.7 Å². The minimum absolute atomic E-state index is 0. The SMILES string of the molecule is Cl.NCC1CCCC1NC(=O)C1CCCN1C(=O)c1cccs1. The van der Waals surface area contributed by atoms with E-state index in [1.807, 2.05) is 17.5 Å². The van der Waals surface area contributed by atoms with Gasteiger partial charge in [-0.1, -0.05) is 12.5 Å². The van der Waals surface area contributed by atoms with Crippen molar-refractivity contribution in [2.75, 3.05) is 13.1 Å². The van der Waals surface area contributed by atoms with Gasteiger partial charge in [0.25, 0.3) is 5.91 Å². The number of hydrogen-bond acceptors (Lipinski definition) is 4. The van der Waals surface area contributed by atoms with E-state index >= 15 is 0 Å². The van der Waals surface area contributed by atoms with E-state index in [1.165, 1.54) is 11.3 Å². The highest BCUT2D eigenvalue weighted by Crippen LogP contribution is 2.26. The summed E-state index contributed by atoms with van der Waals surface area (Å²) in [4.78, 5) is 27.6. The van der Waals surface area contributed by atoms with Crippen molar-refractivity contribution in [3.8, 4) is 0 Å². The van der Waals surface area contributed by atoms with Crippen molar-refractivity contribution < 1.29 is 9.59 Å². The van der Waals surface area contributed by atoms with Gasteiger partial charge in [-0.25, -0.2) is 0 Å². The van der Waals surface area contributed by atoms with Crippen LogP contribution in [0.5, 0.6) is 0 Å². The van der Waals surface area contributed by atoms with Gasteiger partial charge in [-0.3, -0.25) is 9.59 Å². The normalized spacial score (nSPS) is 26.8. The van der Waals surface area contributed by atoms with Gasteiger partial charge in [-0.2, -0.15) is 0 Å².